The van der Waals surface area contributed by atoms with Gasteiger partial charge in [-0.25, -0.2) is 0 Å². The lowest BCUT2D eigenvalue weighted by molar-refractivity contribution is -0.168. The van der Waals surface area contributed by atoms with Gasteiger partial charge < -0.3 is 14.2 Å². The zero-order valence-corrected chi connectivity index (χ0v) is 13.9. The van der Waals surface area contributed by atoms with Crippen molar-refractivity contribution in [3.8, 4) is 11.8 Å². The third kappa shape index (κ3) is 4.35. The number of carbonyl (C=O) groups excluding carboxylic acids is 3. The van der Waals surface area contributed by atoms with Crippen molar-refractivity contribution in [1.29, 1.82) is 0 Å². The molecule has 1 saturated carbocycles. The molecule has 0 bridgehead atoms. The van der Waals surface area contributed by atoms with Crippen LogP contribution in [0.5, 0.6) is 0 Å². The molecule has 1 rings (SSSR count). The van der Waals surface area contributed by atoms with E-state index in [0.29, 0.717) is 6.42 Å². The van der Waals surface area contributed by atoms with Gasteiger partial charge in [-0.05, 0) is 25.7 Å². The van der Waals surface area contributed by atoms with Crippen molar-refractivity contribution < 1.29 is 28.6 Å². The molecular weight excluding hydrogens is 300 g/mol. The van der Waals surface area contributed by atoms with Crippen LogP contribution in [0.15, 0.2) is 12.2 Å². The highest BCUT2D eigenvalue weighted by Crippen LogP contribution is 2.41. The van der Waals surface area contributed by atoms with Gasteiger partial charge in [-0.15, -0.1) is 11.8 Å². The number of esters is 3. The normalized spacial score (nSPS) is 19.5. The summed E-state index contributed by atoms with van der Waals surface area (Å²) in [4.78, 5) is 35.7. The molecule has 0 unspecified atom stereocenters. The lowest BCUT2D eigenvalue weighted by Gasteiger charge is -2.24. The first-order valence-corrected chi connectivity index (χ1v) is 7.27. The van der Waals surface area contributed by atoms with Crippen LogP contribution >= 0.6 is 0 Å². The Balaban J connectivity index is 2.87. The van der Waals surface area contributed by atoms with E-state index in [9.17, 15) is 14.4 Å². The minimum absolute atomic E-state index is 0.0122. The topological polar surface area (TPSA) is 78.9 Å². The van der Waals surface area contributed by atoms with Crippen molar-refractivity contribution in [2.75, 3.05) is 21.3 Å². The van der Waals surface area contributed by atoms with Crippen LogP contribution in [0, 0.1) is 29.1 Å². The van der Waals surface area contributed by atoms with E-state index in [2.05, 4.69) is 16.6 Å². The minimum atomic E-state index is -1.49. The first-order chi connectivity index (χ1) is 11.0. The highest BCUT2D eigenvalue weighted by Gasteiger charge is 2.47. The Hall–Kier alpha value is -2.29. The summed E-state index contributed by atoms with van der Waals surface area (Å²) >= 11 is 0. The van der Waals surface area contributed by atoms with Gasteiger partial charge in [-0.3, -0.25) is 14.4 Å². The maximum absolute atomic E-state index is 12.2. The fourth-order valence-corrected chi connectivity index (χ4v) is 2.39. The van der Waals surface area contributed by atoms with E-state index in [1.807, 2.05) is 6.08 Å². The molecule has 0 aliphatic heterocycles. The number of methoxy groups -OCH3 is 3. The van der Waals surface area contributed by atoms with Gasteiger partial charge in [0.2, 0.25) is 0 Å². The molecule has 0 heterocycles. The summed E-state index contributed by atoms with van der Waals surface area (Å²) in [6.07, 6.45) is 4.35. The maximum Gasteiger partial charge on any atom is 0.324 e. The Kier molecular flexibility index (Phi) is 6.83. The predicted octanol–water partition coefficient (Wildman–Crippen LogP) is 1.49. The molecular formula is C17H22O6. The molecule has 0 aromatic heterocycles. The lowest BCUT2D eigenvalue weighted by atomic mass is 9.81. The van der Waals surface area contributed by atoms with Crippen molar-refractivity contribution in [3.05, 3.63) is 12.2 Å². The van der Waals surface area contributed by atoms with E-state index >= 15 is 0 Å². The molecule has 23 heavy (non-hydrogen) atoms. The predicted molar refractivity (Wildman–Crippen MR) is 81.9 cm³/mol. The molecule has 0 amide bonds. The van der Waals surface area contributed by atoms with Gasteiger partial charge >= 0.3 is 17.9 Å². The standard InChI is InChI=1S/C17H22O6/c1-5-6-9-17(15(19)22-3,16(20)23-4)10-7-8-12-11-13(12)14(18)21-2/h7-8,12-13H,9-11H2,1-4H3/b8-7+/t12-,13-/m1/s1. The molecule has 0 spiro atoms. The number of allylic oxidation sites excluding steroid dienone is 2. The maximum atomic E-state index is 12.2. The monoisotopic (exact) mass is 322 g/mol. The van der Waals surface area contributed by atoms with Crippen LogP contribution in [0.3, 0.4) is 0 Å². The van der Waals surface area contributed by atoms with Gasteiger partial charge in [0.25, 0.3) is 0 Å². The van der Waals surface area contributed by atoms with Crippen LogP contribution in [0.25, 0.3) is 0 Å². The number of ether oxygens (including phenoxy) is 3. The smallest absolute Gasteiger partial charge is 0.324 e. The second-order valence-corrected chi connectivity index (χ2v) is 5.33. The van der Waals surface area contributed by atoms with E-state index in [4.69, 9.17) is 9.47 Å². The van der Waals surface area contributed by atoms with Crippen molar-refractivity contribution in [1.82, 2.24) is 0 Å². The summed E-state index contributed by atoms with van der Waals surface area (Å²) in [5.41, 5.74) is -1.49. The summed E-state index contributed by atoms with van der Waals surface area (Å²) in [6.45, 7) is 1.63. The molecule has 126 valence electrons. The zero-order valence-electron chi connectivity index (χ0n) is 13.9. The van der Waals surface area contributed by atoms with Crippen molar-refractivity contribution in [2.24, 2.45) is 17.3 Å². The van der Waals surface area contributed by atoms with E-state index in [0.717, 1.165) is 0 Å². The summed E-state index contributed by atoms with van der Waals surface area (Å²) in [7, 11) is 3.79. The Morgan fingerprint density at radius 2 is 1.74 bits per heavy atom. The van der Waals surface area contributed by atoms with Crippen LogP contribution in [0.4, 0.5) is 0 Å². The molecule has 1 aliphatic carbocycles. The summed E-state index contributed by atoms with van der Waals surface area (Å²) in [6, 6.07) is 0. The number of carbonyl (C=O) groups is 3. The first-order valence-electron chi connectivity index (χ1n) is 7.27. The Morgan fingerprint density at radius 1 is 1.13 bits per heavy atom. The van der Waals surface area contributed by atoms with Gasteiger partial charge in [0, 0.05) is 6.42 Å². The first kappa shape index (κ1) is 18.8. The van der Waals surface area contributed by atoms with Crippen LogP contribution in [0.2, 0.25) is 0 Å². The highest BCUT2D eigenvalue weighted by atomic mass is 16.5. The van der Waals surface area contributed by atoms with Gasteiger partial charge in [-0.2, -0.15) is 0 Å². The fourth-order valence-electron chi connectivity index (χ4n) is 2.39. The van der Waals surface area contributed by atoms with E-state index in [-0.39, 0.29) is 30.6 Å². The largest absolute Gasteiger partial charge is 0.469 e. The molecule has 1 fully saturated rings. The van der Waals surface area contributed by atoms with E-state index < -0.39 is 17.4 Å². The molecule has 2 atom stereocenters. The second-order valence-electron chi connectivity index (χ2n) is 5.33. The van der Waals surface area contributed by atoms with Crippen LogP contribution in [-0.4, -0.2) is 39.2 Å². The Labute approximate surface area is 136 Å². The summed E-state index contributed by atoms with van der Waals surface area (Å²) < 4.78 is 14.2. The van der Waals surface area contributed by atoms with E-state index in [1.165, 1.54) is 21.3 Å². The fraction of sp³-hybridized carbons (Fsp3) is 0.588. The minimum Gasteiger partial charge on any atom is -0.469 e. The van der Waals surface area contributed by atoms with E-state index in [1.54, 1.807) is 13.0 Å². The molecule has 0 aromatic carbocycles. The van der Waals surface area contributed by atoms with Crippen LogP contribution in [0.1, 0.15) is 26.2 Å². The molecule has 0 N–H and O–H groups in total. The molecule has 0 radical (unpaired) electrons. The van der Waals surface area contributed by atoms with Crippen LogP contribution in [-0.2, 0) is 28.6 Å². The van der Waals surface area contributed by atoms with Crippen molar-refractivity contribution in [3.63, 3.8) is 0 Å². The SMILES string of the molecule is CC#CCC(C/C=C/[C@@H]1C[C@H]1C(=O)OC)(C(=O)OC)C(=O)OC. The van der Waals surface area contributed by atoms with Crippen molar-refractivity contribution in [2.45, 2.75) is 26.2 Å². The van der Waals surface area contributed by atoms with Gasteiger partial charge in [-0.1, -0.05) is 12.2 Å². The van der Waals surface area contributed by atoms with Crippen molar-refractivity contribution >= 4 is 17.9 Å². The quantitative estimate of drug-likeness (QED) is 0.232. The molecule has 6 heteroatoms. The zero-order chi connectivity index (χ0) is 17.5. The number of rotatable bonds is 7. The summed E-state index contributed by atoms with van der Waals surface area (Å²) in [5, 5.41) is 0. The third-order valence-corrected chi connectivity index (χ3v) is 3.91. The molecule has 0 saturated heterocycles. The Morgan fingerprint density at radius 3 is 2.22 bits per heavy atom. The summed E-state index contributed by atoms with van der Waals surface area (Å²) in [5.74, 6) is 3.74. The van der Waals surface area contributed by atoms with Gasteiger partial charge in [0.1, 0.15) is 0 Å². The molecule has 6 nitrogen and oxygen atoms in total. The number of hydrogen-bond donors (Lipinski definition) is 0. The lowest BCUT2D eigenvalue weighted by Crippen LogP contribution is -2.40. The Bertz CT molecular complexity index is 535. The average molecular weight is 322 g/mol. The molecule has 1 aliphatic rings. The second kappa shape index (κ2) is 8.37. The number of hydrogen-bond acceptors (Lipinski definition) is 6. The third-order valence-electron chi connectivity index (χ3n) is 3.91. The van der Waals surface area contributed by atoms with Crippen LogP contribution < -0.4 is 0 Å². The van der Waals surface area contributed by atoms with Gasteiger partial charge in [0.05, 0.1) is 27.2 Å². The highest BCUT2D eigenvalue weighted by molar-refractivity contribution is 6.00. The van der Waals surface area contributed by atoms with Gasteiger partial charge in [0.15, 0.2) is 5.41 Å². The average Bonchev–Trinajstić information content (AvgIpc) is 3.35. The molecule has 0 aromatic rings.